The van der Waals surface area contributed by atoms with Crippen molar-refractivity contribution in [2.45, 2.75) is 27.2 Å². The quantitative estimate of drug-likeness (QED) is 0.544. The van der Waals surface area contributed by atoms with Gasteiger partial charge in [0.15, 0.2) is 0 Å². The van der Waals surface area contributed by atoms with Crippen LogP contribution in [-0.2, 0) is 16.5 Å². The van der Waals surface area contributed by atoms with Crippen LogP contribution < -0.4 is 33.7 Å². The molecule has 1 rings (SSSR count). The zero-order valence-corrected chi connectivity index (χ0v) is 13.8. The van der Waals surface area contributed by atoms with Crippen molar-refractivity contribution in [1.82, 2.24) is 0 Å². The SMILES string of the molecule is CCS(=O)(=O)Oc1ccc(CC(C)C)cc1.[H-].[Na+]. The van der Waals surface area contributed by atoms with Gasteiger partial charge in [0.2, 0.25) is 0 Å². The topological polar surface area (TPSA) is 43.4 Å². The van der Waals surface area contributed by atoms with Crippen LogP contribution in [-0.4, -0.2) is 14.2 Å². The molecule has 3 nitrogen and oxygen atoms in total. The normalized spacial score (nSPS) is 11.1. The van der Waals surface area contributed by atoms with Crippen LogP contribution in [0.4, 0.5) is 0 Å². The third-order valence-corrected chi connectivity index (χ3v) is 3.30. The van der Waals surface area contributed by atoms with Crippen LogP contribution in [0, 0.1) is 5.92 Å². The van der Waals surface area contributed by atoms with Crippen LogP contribution in [0.25, 0.3) is 0 Å². The predicted octanol–water partition coefficient (Wildman–Crippen LogP) is -0.270. The van der Waals surface area contributed by atoms with Crippen LogP contribution in [0.5, 0.6) is 5.75 Å². The van der Waals surface area contributed by atoms with Crippen LogP contribution >= 0.6 is 0 Å². The molecule has 0 unspecified atom stereocenters. The van der Waals surface area contributed by atoms with E-state index in [-0.39, 0.29) is 36.7 Å². The maximum absolute atomic E-state index is 11.2. The average Bonchev–Trinajstić information content (AvgIpc) is 2.20. The summed E-state index contributed by atoms with van der Waals surface area (Å²) in [6.45, 7) is 5.85. The molecule has 0 spiro atoms. The number of benzene rings is 1. The Labute approximate surface area is 127 Å². The molecule has 0 aliphatic carbocycles. The zero-order chi connectivity index (χ0) is 12.2. The molecular weight excluding hydrogens is 247 g/mol. The first-order valence-corrected chi connectivity index (χ1v) is 7.02. The van der Waals surface area contributed by atoms with Gasteiger partial charge in [-0.2, -0.15) is 8.42 Å². The van der Waals surface area contributed by atoms with E-state index in [0.717, 1.165) is 6.42 Å². The summed E-state index contributed by atoms with van der Waals surface area (Å²) < 4.78 is 27.3. The molecule has 0 aliphatic rings. The van der Waals surface area contributed by atoms with Gasteiger partial charge in [-0.3, -0.25) is 0 Å². The van der Waals surface area contributed by atoms with E-state index in [2.05, 4.69) is 13.8 Å². The Hall–Kier alpha value is -0.0300. The van der Waals surface area contributed by atoms with E-state index in [0.29, 0.717) is 11.7 Å². The van der Waals surface area contributed by atoms with Gasteiger partial charge in [0.1, 0.15) is 5.75 Å². The molecule has 17 heavy (non-hydrogen) atoms. The molecule has 0 fully saturated rings. The van der Waals surface area contributed by atoms with Crippen molar-refractivity contribution in [3.05, 3.63) is 29.8 Å². The first kappa shape index (κ1) is 17.0. The van der Waals surface area contributed by atoms with E-state index >= 15 is 0 Å². The van der Waals surface area contributed by atoms with Crippen molar-refractivity contribution >= 4 is 10.1 Å². The van der Waals surface area contributed by atoms with Crippen LogP contribution in [0.3, 0.4) is 0 Å². The summed E-state index contributed by atoms with van der Waals surface area (Å²) in [6, 6.07) is 7.21. The second kappa shape index (κ2) is 7.41. The average molecular weight is 266 g/mol. The Kier molecular flexibility index (Phi) is 7.40. The van der Waals surface area contributed by atoms with Gasteiger partial charge in [-0.05, 0) is 37.0 Å². The van der Waals surface area contributed by atoms with Gasteiger partial charge in [0, 0.05) is 0 Å². The van der Waals surface area contributed by atoms with Crippen LogP contribution in [0.2, 0.25) is 0 Å². The molecule has 0 saturated heterocycles. The van der Waals surface area contributed by atoms with E-state index in [1.807, 2.05) is 12.1 Å². The Morgan fingerprint density at radius 3 is 2.18 bits per heavy atom. The summed E-state index contributed by atoms with van der Waals surface area (Å²) in [5.41, 5.74) is 1.19. The summed E-state index contributed by atoms with van der Waals surface area (Å²) in [7, 11) is -3.41. The van der Waals surface area contributed by atoms with Gasteiger partial charge < -0.3 is 5.61 Å². The van der Waals surface area contributed by atoms with Crippen molar-refractivity contribution in [1.29, 1.82) is 0 Å². The fourth-order valence-corrected chi connectivity index (χ4v) is 1.88. The molecule has 0 aliphatic heterocycles. The van der Waals surface area contributed by atoms with Crippen molar-refractivity contribution in [3.8, 4) is 5.75 Å². The maximum Gasteiger partial charge on any atom is 1.00 e. The standard InChI is InChI=1S/C12H18O3S.Na.H/c1-4-16(13,14)15-12-7-5-11(6-8-12)9-10(2)3;;/h5-8,10H,4,9H2,1-3H3;;/q;+1;-1. The van der Waals surface area contributed by atoms with Gasteiger partial charge in [0.25, 0.3) is 0 Å². The molecule has 0 amide bonds. The number of hydrogen-bond donors (Lipinski definition) is 0. The van der Waals surface area contributed by atoms with Crippen molar-refractivity contribution in [2.24, 2.45) is 5.92 Å². The van der Waals surface area contributed by atoms with E-state index in [9.17, 15) is 8.42 Å². The minimum Gasteiger partial charge on any atom is -1.00 e. The van der Waals surface area contributed by atoms with Crippen molar-refractivity contribution < 1.29 is 43.6 Å². The van der Waals surface area contributed by atoms with Crippen LogP contribution in [0.15, 0.2) is 24.3 Å². The summed E-state index contributed by atoms with van der Waals surface area (Å²) in [5.74, 6) is 0.960. The Bertz CT molecular complexity index is 429. The number of rotatable bonds is 5. The second-order valence-corrected chi connectivity index (χ2v) is 6.03. The van der Waals surface area contributed by atoms with E-state index < -0.39 is 10.1 Å². The summed E-state index contributed by atoms with van der Waals surface area (Å²) >= 11 is 0. The monoisotopic (exact) mass is 266 g/mol. The molecule has 0 aromatic heterocycles. The molecular formula is C12H19NaO3S. The molecule has 0 bridgehead atoms. The smallest absolute Gasteiger partial charge is 1.00 e. The number of hydrogen-bond acceptors (Lipinski definition) is 3. The predicted molar refractivity (Wildman–Crippen MR) is 66.2 cm³/mol. The van der Waals surface area contributed by atoms with Gasteiger partial charge in [-0.25, -0.2) is 0 Å². The van der Waals surface area contributed by atoms with E-state index in [1.165, 1.54) is 5.56 Å². The molecule has 0 heterocycles. The molecule has 0 N–H and O–H groups in total. The Balaban J connectivity index is 0. The summed E-state index contributed by atoms with van der Waals surface area (Å²) in [5, 5.41) is 0. The van der Waals surface area contributed by atoms with Gasteiger partial charge in [-0.15, -0.1) is 0 Å². The molecule has 1 aromatic rings. The van der Waals surface area contributed by atoms with Gasteiger partial charge in [-0.1, -0.05) is 26.0 Å². The third-order valence-electron chi connectivity index (χ3n) is 2.14. The van der Waals surface area contributed by atoms with Crippen molar-refractivity contribution in [2.75, 3.05) is 5.75 Å². The molecule has 0 saturated carbocycles. The Morgan fingerprint density at radius 2 is 1.76 bits per heavy atom. The minimum absolute atomic E-state index is 0. The fourth-order valence-electron chi connectivity index (χ4n) is 1.36. The van der Waals surface area contributed by atoms with Gasteiger partial charge in [0.05, 0.1) is 5.75 Å². The first-order chi connectivity index (χ1) is 7.43. The molecule has 0 atom stereocenters. The van der Waals surface area contributed by atoms with Crippen LogP contribution in [0.1, 0.15) is 27.8 Å². The fraction of sp³-hybridized carbons (Fsp3) is 0.500. The maximum atomic E-state index is 11.2. The third kappa shape index (κ3) is 6.46. The largest absolute Gasteiger partial charge is 1.00 e. The minimum atomic E-state index is -3.41. The molecule has 0 radical (unpaired) electrons. The first-order valence-electron chi connectivity index (χ1n) is 5.44. The molecule has 92 valence electrons. The molecule has 1 aromatic carbocycles. The second-order valence-electron chi connectivity index (χ2n) is 4.17. The van der Waals surface area contributed by atoms with Crippen molar-refractivity contribution in [3.63, 3.8) is 0 Å². The Morgan fingerprint density at radius 1 is 1.24 bits per heavy atom. The summed E-state index contributed by atoms with van der Waals surface area (Å²) in [4.78, 5) is 0. The van der Waals surface area contributed by atoms with E-state index in [1.54, 1.807) is 19.1 Å². The van der Waals surface area contributed by atoms with E-state index in [4.69, 9.17) is 4.18 Å². The summed E-state index contributed by atoms with van der Waals surface area (Å²) in [6.07, 6.45) is 0.987. The van der Waals surface area contributed by atoms with Gasteiger partial charge >= 0.3 is 39.7 Å². The molecule has 5 heteroatoms. The zero-order valence-electron chi connectivity index (χ0n) is 11.9.